The summed E-state index contributed by atoms with van der Waals surface area (Å²) < 4.78 is 5.62. The van der Waals surface area contributed by atoms with Gasteiger partial charge in [-0.15, -0.1) is 11.3 Å². The Morgan fingerprint density at radius 1 is 1.27 bits per heavy atom. The zero-order valence-corrected chi connectivity index (χ0v) is 16.6. The van der Waals surface area contributed by atoms with Crippen LogP contribution in [-0.2, 0) is 6.54 Å². The van der Waals surface area contributed by atoms with Gasteiger partial charge in [-0.3, -0.25) is 0 Å². The molecule has 7 heteroatoms. The number of aryl methyl sites for hydroxylation is 1. The fourth-order valence-corrected chi connectivity index (χ4v) is 3.03. The number of ether oxygens (including phenoxy) is 1. The molecule has 0 spiro atoms. The molecule has 2 rings (SSSR count). The van der Waals surface area contributed by atoms with Crippen molar-refractivity contribution in [2.75, 3.05) is 13.1 Å². The molecule has 0 aliphatic rings. The minimum absolute atomic E-state index is 0.132. The zero-order chi connectivity index (χ0) is 18.9. The summed E-state index contributed by atoms with van der Waals surface area (Å²) in [6, 6.07) is 7.52. The fraction of sp³-hybridized carbons (Fsp3) is 0.474. The van der Waals surface area contributed by atoms with Crippen LogP contribution >= 0.6 is 11.3 Å². The second-order valence-electron chi connectivity index (χ2n) is 6.19. The van der Waals surface area contributed by atoms with E-state index in [0.29, 0.717) is 19.0 Å². The lowest BCUT2D eigenvalue weighted by molar-refractivity contribution is 0.180. The molecule has 0 aliphatic heterocycles. The van der Waals surface area contributed by atoms with Gasteiger partial charge in [0, 0.05) is 24.2 Å². The summed E-state index contributed by atoms with van der Waals surface area (Å²) in [6.07, 6.45) is 1.36. The lowest BCUT2D eigenvalue weighted by Crippen LogP contribution is -2.39. The number of hydrogen-bond acceptors (Lipinski definition) is 5. The predicted molar refractivity (Wildman–Crippen MR) is 107 cm³/mol. The Morgan fingerprint density at radius 3 is 2.58 bits per heavy atom. The first-order valence-corrected chi connectivity index (χ1v) is 9.67. The number of thiazole rings is 1. The highest BCUT2D eigenvalue weighted by molar-refractivity contribution is 7.11. The molecule has 142 valence electrons. The third-order valence-electron chi connectivity index (χ3n) is 3.49. The van der Waals surface area contributed by atoms with Gasteiger partial charge in [0.25, 0.3) is 0 Å². The molecule has 0 saturated heterocycles. The summed E-state index contributed by atoms with van der Waals surface area (Å²) in [4.78, 5) is 10.0. The van der Waals surface area contributed by atoms with Crippen molar-refractivity contribution in [3.63, 3.8) is 0 Å². The molecule has 6 nitrogen and oxygen atoms in total. The Morgan fingerprint density at radius 2 is 2.00 bits per heavy atom. The van der Waals surface area contributed by atoms with Gasteiger partial charge in [0.05, 0.1) is 18.8 Å². The Kier molecular flexibility index (Phi) is 7.87. The molecule has 1 unspecified atom stereocenters. The molecule has 26 heavy (non-hydrogen) atoms. The van der Waals surface area contributed by atoms with Gasteiger partial charge in [-0.05, 0) is 45.4 Å². The number of guanidine groups is 1. The van der Waals surface area contributed by atoms with Crippen LogP contribution in [0.1, 0.15) is 42.3 Å². The highest BCUT2D eigenvalue weighted by atomic mass is 32.1. The van der Waals surface area contributed by atoms with Crippen LogP contribution in [-0.4, -0.2) is 35.2 Å². The molecule has 1 aromatic heterocycles. The monoisotopic (exact) mass is 376 g/mol. The highest BCUT2D eigenvalue weighted by Crippen LogP contribution is 2.18. The predicted octanol–water partition coefficient (Wildman–Crippen LogP) is 3.03. The van der Waals surface area contributed by atoms with E-state index >= 15 is 0 Å². The number of aliphatic imine (C=N–C) groups is 1. The van der Waals surface area contributed by atoms with Gasteiger partial charge < -0.3 is 20.5 Å². The lowest BCUT2D eigenvalue weighted by Gasteiger charge is -2.16. The van der Waals surface area contributed by atoms with Crippen LogP contribution in [0, 0.1) is 6.92 Å². The Bertz CT molecular complexity index is 698. The first-order chi connectivity index (χ1) is 12.5. The molecule has 1 atom stereocenters. The number of rotatable bonds is 8. The smallest absolute Gasteiger partial charge is 0.191 e. The van der Waals surface area contributed by atoms with E-state index in [2.05, 4.69) is 20.6 Å². The maximum atomic E-state index is 10.4. The van der Waals surface area contributed by atoms with Crippen molar-refractivity contribution in [3.8, 4) is 5.75 Å². The molecule has 0 amide bonds. The topological polar surface area (TPSA) is 78.8 Å². The van der Waals surface area contributed by atoms with Gasteiger partial charge in [-0.25, -0.2) is 9.98 Å². The molecule has 3 N–H and O–H groups in total. The van der Waals surface area contributed by atoms with Gasteiger partial charge in [0.2, 0.25) is 0 Å². The number of nitrogens with zero attached hydrogens (tertiary/aromatic N) is 2. The van der Waals surface area contributed by atoms with Crippen molar-refractivity contribution in [2.24, 2.45) is 4.99 Å². The molecular weight excluding hydrogens is 348 g/mol. The lowest BCUT2D eigenvalue weighted by atomic mass is 10.1. The van der Waals surface area contributed by atoms with Gasteiger partial charge in [-0.2, -0.15) is 0 Å². The van der Waals surface area contributed by atoms with Gasteiger partial charge >= 0.3 is 0 Å². The maximum absolute atomic E-state index is 10.4. The van der Waals surface area contributed by atoms with E-state index in [1.54, 1.807) is 11.3 Å². The first kappa shape index (κ1) is 20.2. The van der Waals surface area contributed by atoms with Crippen molar-refractivity contribution >= 4 is 17.3 Å². The SMILES string of the molecule is CCNC(=NCc1ncc(C)s1)NCC(O)c1ccc(OC(C)C)cc1. The van der Waals surface area contributed by atoms with Gasteiger partial charge in [0.1, 0.15) is 10.8 Å². The molecule has 1 heterocycles. The van der Waals surface area contributed by atoms with Crippen molar-refractivity contribution in [2.45, 2.75) is 46.4 Å². The van der Waals surface area contributed by atoms with Crippen LogP contribution in [0.3, 0.4) is 0 Å². The zero-order valence-electron chi connectivity index (χ0n) is 15.8. The minimum atomic E-state index is -0.630. The normalized spacial score (nSPS) is 12.9. The van der Waals surface area contributed by atoms with E-state index in [1.165, 1.54) is 4.88 Å². The molecule has 1 aromatic carbocycles. The Labute approximate surface area is 159 Å². The Balaban J connectivity index is 1.90. The van der Waals surface area contributed by atoms with Crippen LogP contribution < -0.4 is 15.4 Å². The average Bonchev–Trinajstić information content (AvgIpc) is 3.02. The van der Waals surface area contributed by atoms with E-state index in [4.69, 9.17) is 4.74 Å². The summed E-state index contributed by atoms with van der Waals surface area (Å²) in [5, 5.41) is 17.7. The molecular formula is C19H28N4O2S. The van der Waals surface area contributed by atoms with Crippen molar-refractivity contribution < 1.29 is 9.84 Å². The molecule has 0 fully saturated rings. The molecule has 0 radical (unpaired) electrons. The summed E-state index contributed by atoms with van der Waals surface area (Å²) in [7, 11) is 0. The van der Waals surface area contributed by atoms with Crippen molar-refractivity contribution in [1.82, 2.24) is 15.6 Å². The highest BCUT2D eigenvalue weighted by Gasteiger charge is 2.09. The van der Waals surface area contributed by atoms with E-state index in [1.807, 2.05) is 58.2 Å². The molecule has 0 aliphatic carbocycles. The molecule has 0 saturated carbocycles. The van der Waals surface area contributed by atoms with Crippen molar-refractivity contribution in [1.29, 1.82) is 0 Å². The van der Waals surface area contributed by atoms with E-state index in [9.17, 15) is 5.11 Å². The fourth-order valence-electron chi connectivity index (χ4n) is 2.31. The summed E-state index contributed by atoms with van der Waals surface area (Å²) in [6.45, 7) is 9.65. The number of hydrogen-bond donors (Lipinski definition) is 3. The van der Waals surface area contributed by atoms with Crippen molar-refractivity contribution in [3.05, 3.63) is 45.9 Å². The van der Waals surface area contributed by atoms with Crippen LogP contribution in [0.4, 0.5) is 0 Å². The second kappa shape index (κ2) is 10.1. The molecule has 2 aromatic rings. The number of aromatic nitrogens is 1. The Hall–Kier alpha value is -2.12. The quantitative estimate of drug-likeness (QED) is 0.487. The van der Waals surface area contributed by atoms with Crippen LogP contribution in [0.5, 0.6) is 5.75 Å². The number of benzene rings is 1. The summed E-state index contributed by atoms with van der Waals surface area (Å²) in [5.74, 6) is 1.47. The van der Waals surface area contributed by atoms with Gasteiger partial charge in [-0.1, -0.05) is 12.1 Å². The third kappa shape index (κ3) is 6.65. The maximum Gasteiger partial charge on any atom is 0.191 e. The average molecular weight is 377 g/mol. The van der Waals surface area contributed by atoms with E-state index in [0.717, 1.165) is 22.9 Å². The van der Waals surface area contributed by atoms with Crippen LogP contribution in [0.15, 0.2) is 35.5 Å². The second-order valence-corrected chi connectivity index (χ2v) is 7.51. The minimum Gasteiger partial charge on any atom is -0.491 e. The summed E-state index contributed by atoms with van der Waals surface area (Å²) in [5.41, 5.74) is 0.833. The third-order valence-corrected chi connectivity index (χ3v) is 4.38. The standard InChI is InChI=1S/C19H28N4O2S/c1-5-20-19(23-12-18-21-10-14(4)26-18)22-11-17(24)15-6-8-16(9-7-15)25-13(2)3/h6-10,13,17,24H,5,11-12H2,1-4H3,(H2,20,22,23). The van der Waals surface area contributed by atoms with E-state index < -0.39 is 6.10 Å². The first-order valence-electron chi connectivity index (χ1n) is 8.86. The number of aliphatic hydroxyl groups is 1. The largest absolute Gasteiger partial charge is 0.491 e. The summed E-state index contributed by atoms with van der Waals surface area (Å²) >= 11 is 1.64. The van der Waals surface area contributed by atoms with Gasteiger partial charge in [0.15, 0.2) is 5.96 Å². The van der Waals surface area contributed by atoms with Crippen LogP contribution in [0.25, 0.3) is 0 Å². The molecule has 0 bridgehead atoms. The number of aliphatic hydroxyl groups excluding tert-OH is 1. The number of nitrogens with one attached hydrogen (secondary N) is 2. The van der Waals surface area contributed by atoms with E-state index in [-0.39, 0.29) is 6.10 Å². The van der Waals surface area contributed by atoms with Crippen LogP contribution in [0.2, 0.25) is 0 Å².